The van der Waals surface area contributed by atoms with Crippen LogP contribution in [-0.4, -0.2) is 28.0 Å². The first-order chi connectivity index (χ1) is 7.58. The second kappa shape index (κ2) is 5.91. The number of anilines is 2. The van der Waals surface area contributed by atoms with Gasteiger partial charge in [-0.25, -0.2) is 15.8 Å². The number of nitrogens with two attached hydrogens (primary N) is 1. The Kier molecular flexibility index (Phi) is 4.82. The molecule has 16 heavy (non-hydrogen) atoms. The number of nitrogens with zero attached hydrogens (tertiary/aromatic N) is 2. The summed E-state index contributed by atoms with van der Waals surface area (Å²) in [5.74, 6) is 8.67. The van der Waals surface area contributed by atoms with Gasteiger partial charge in [-0.05, 0) is 27.0 Å². The summed E-state index contributed by atoms with van der Waals surface area (Å²) in [6.45, 7) is 5.93. The maximum absolute atomic E-state index is 5.41. The van der Waals surface area contributed by atoms with Crippen molar-refractivity contribution in [1.82, 2.24) is 9.97 Å². The minimum absolute atomic E-state index is 0.369. The summed E-state index contributed by atoms with van der Waals surface area (Å²) in [5.41, 5.74) is 3.53. The molecule has 0 aliphatic rings. The fraction of sp³-hybridized carbons (Fsp3) is 0.600. The van der Waals surface area contributed by atoms with Gasteiger partial charge in [0, 0.05) is 17.4 Å². The summed E-state index contributed by atoms with van der Waals surface area (Å²) in [5, 5.41) is 3.36. The molecule has 4 N–H and O–H groups in total. The van der Waals surface area contributed by atoms with E-state index in [4.69, 9.17) is 5.84 Å². The molecule has 0 aromatic carbocycles. The minimum atomic E-state index is 0.369. The Morgan fingerprint density at radius 1 is 1.31 bits per heavy atom. The lowest BCUT2D eigenvalue weighted by atomic mass is 10.3. The zero-order chi connectivity index (χ0) is 12.1. The van der Waals surface area contributed by atoms with Gasteiger partial charge in [-0.2, -0.15) is 11.8 Å². The van der Waals surface area contributed by atoms with Crippen LogP contribution in [0.3, 0.4) is 0 Å². The van der Waals surface area contributed by atoms with Gasteiger partial charge < -0.3 is 10.7 Å². The van der Waals surface area contributed by atoms with E-state index in [2.05, 4.69) is 33.9 Å². The Morgan fingerprint density at radius 2 is 1.94 bits per heavy atom. The van der Waals surface area contributed by atoms with E-state index in [-0.39, 0.29) is 0 Å². The van der Waals surface area contributed by atoms with Crippen LogP contribution in [0.1, 0.15) is 18.3 Å². The highest BCUT2D eigenvalue weighted by atomic mass is 32.2. The highest BCUT2D eigenvalue weighted by Gasteiger charge is 2.10. The molecule has 1 heterocycles. The van der Waals surface area contributed by atoms with Gasteiger partial charge >= 0.3 is 0 Å². The van der Waals surface area contributed by atoms with E-state index in [1.165, 1.54) is 0 Å². The molecule has 0 fully saturated rings. The van der Waals surface area contributed by atoms with E-state index in [1.807, 2.05) is 13.8 Å². The molecule has 0 spiro atoms. The monoisotopic (exact) mass is 241 g/mol. The van der Waals surface area contributed by atoms with E-state index in [0.29, 0.717) is 17.7 Å². The number of nitrogens with one attached hydrogen (secondary N) is 2. The van der Waals surface area contributed by atoms with E-state index in [0.717, 1.165) is 17.1 Å². The zero-order valence-corrected chi connectivity index (χ0v) is 11.0. The van der Waals surface area contributed by atoms with Crippen LogP contribution >= 0.6 is 11.8 Å². The van der Waals surface area contributed by atoms with Crippen molar-refractivity contribution in [3.05, 3.63) is 11.4 Å². The lowest BCUT2D eigenvalue weighted by Gasteiger charge is -2.16. The molecule has 1 rings (SSSR count). The number of thioether (sulfide) groups is 1. The molecule has 0 amide bonds. The fourth-order valence-electron chi connectivity index (χ4n) is 1.43. The number of rotatable bonds is 5. The van der Waals surface area contributed by atoms with Crippen molar-refractivity contribution in [2.24, 2.45) is 5.84 Å². The second-order valence-electron chi connectivity index (χ2n) is 3.74. The third-order valence-electron chi connectivity index (χ3n) is 2.19. The third-order valence-corrected chi connectivity index (χ3v) is 3.03. The van der Waals surface area contributed by atoms with Crippen LogP contribution in [0.4, 0.5) is 11.6 Å². The fourth-order valence-corrected chi connectivity index (χ4v) is 2.02. The molecule has 1 atom stereocenters. The molecule has 0 saturated heterocycles. The molecule has 6 heteroatoms. The summed E-state index contributed by atoms with van der Waals surface area (Å²) in [4.78, 5) is 8.59. The van der Waals surface area contributed by atoms with E-state index < -0.39 is 0 Å². The van der Waals surface area contributed by atoms with Gasteiger partial charge in [-0.15, -0.1) is 0 Å². The Hall–Kier alpha value is -1.01. The summed E-state index contributed by atoms with van der Waals surface area (Å²) in [7, 11) is 0. The highest BCUT2D eigenvalue weighted by molar-refractivity contribution is 7.98. The molecular weight excluding hydrogens is 222 g/mol. The standard InChI is InChI=1S/C10H19N5S/c1-6(5-16-4)12-9-7(2)10(15-11)14-8(3)13-9/h6H,5,11H2,1-4H3,(H2,12,13,14,15). The van der Waals surface area contributed by atoms with Crippen LogP contribution in [0.15, 0.2) is 0 Å². The van der Waals surface area contributed by atoms with E-state index in [1.54, 1.807) is 11.8 Å². The molecule has 0 bridgehead atoms. The van der Waals surface area contributed by atoms with Crippen molar-refractivity contribution in [1.29, 1.82) is 0 Å². The highest BCUT2D eigenvalue weighted by Crippen LogP contribution is 2.19. The number of hydrogen-bond donors (Lipinski definition) is 3. The van der Waals surface area contributed by atoms with Gasteiger partial charge in [-0.3, -0.25) is 0 Å². The normalized spacial score (nSPS) is 12.3. The van der Waals surface area contributed by atoms with Crippen molar-refractivity contribution >= 4 is 23.4 Å². The number of nitrogen functional groups attached to an aromatic ring is 1. The molecule has 0 saturated carbocycles. The average molecular weight is 241 g/mol. The Bertz CT molecular complexity index is 355. The Balaban J connectivity index is 2.90. The smallest absolute Gasteiger partial charge is 0.148 e. The SMILES string of the molecule is CSCC(C)Nc1nc(C)nc(NN)c1C. The minimum Gasteiger partial charge on any atom is -0.366 e. The number of hydrogen-bond acceptors (Lipinski definition) is 6. The molecule has 0 aliphatic heterocycles. The third kappa shape index (κ3) is 3.24. The molecule has 1 unspecified atom stereocenters. The van der Waals surface area contributed by atoms with E-state index in [9.17, 15) is 0 Å². The Morgan fingerprint density at radius 3 is 2.50 bits per heavy atom. The zero-order valence-electron chi connectivity index (χ0n) is 10.2. The first kappa shape index (κ1) is 13.1. The largest absolute Gasteiger partial charge is 0.366 e. The van der Waals surface area contributed by atoms with Crippen molar-refractivity contribution in [3.63, 3.8) is 0 Å². The molecule has 90 valence electrons. The predicted molar refractivity (Wildman–Crippen MR) is 70.8 cm³/mol. The van der Waals surface area contributed by atoms with Crippen LogP contribution in [0, 0.1) is 13.8 Å². The molecule has 5 nitrogen and oxygen atoms in total. The average Bonchev–Trinajstić information content (AvgIpc) is 2.23. The van der Waals surface area contributed by atoms with Gasteiger partial charge in [0.05, 0.1) is 0 Å². The first-order valence-electron chi connectivity index (χ1n) is 5.15. The van der Waals surface area contributed by atoms with Crippen molar-refractivity contribution in [2.75, 3.05) is 22.8 Å². The van der Waals surface area contributed by atoms with Gasteiger partial charge in [0.15, 0.2) is 0 Å². The topological polar surface area (TPSA) is 75.9 Å². The lowest BCUT2D eigenvalue weighted by molar-refractivity contribution is 0.887. The number of aromatic nitrogens is 2. The summed E-state index contributed by atoms with van der Waals surface area (Å²) >= 11 is 1.80. The Labute approximate surface area is 101 Å². The van der Waals surface area contributed by atoms with Gasteiger partial charge in [0.2, 0.25) is 0 Å². The molecular formula is C10H19N5S. The van der Waals surface area contributed by atoms with Crippen molar-refractivity contribution < 1.29 is 0 Å². The van der Waals surface area contributed by atoms with E-state index >= 15 is 0 Å². The van der Waals surface area contributed by atoms with Crippen LogP contribution in [-0.2, 0) is 0 Å². The first-order valence-corrected chi connectivity index (χ1v) is 6.55. The summed E-state index contributed by atoms with van der Waals surface area (Å²) in [6, 6.07) is 0.369. The van der Waals surface area contributed by atoms with Gasteiger partial charge in [-0.1, -0.05) is 0 Å². The van der Waals surface area contributed by atoms with Crippen LogP contribution < -0.4 is 16.6 Å². The van der Waals surface area contributed by atoms with Gasteiger partial charge in [0.1, 0.15) is 17.5 Å². The molecule has 1 aromatic rings. The molecule has 0 radical (unpaired) electrons. The second-order valence-corrected chi connectivity index (χ2v) is 4.65. The predicted octanol–water partition coefficient (Wildman–Crippen LogP) is 1.54. The molecule has 0 aliphatic carbocycles. The van der Waals surface area contributed by atoms with Crippen LogP contribution in [0.2, 0.25) is 0 Å². The summed E-state index contributed by atoms with van der Waals surface area (Å²) in [6.07, 6.45) is 2.09. The van der Waals surface area contributed by atoms with Crippen LogP contribution in [0.25, 0.3) is 0 Å². The van der Waals surface area contributed by atoms with Crippen LogP contribution in [0.5, 0.6) is 0 Å². The van der Waals surface area contributed by atoms with Gasteiger partial charge in [0.25, 0.3) is 0 Å². The molecule has 1 aromatic heterocycles. The maximum atomic E-state index is 5.41. The lowest BCUT2D eigenvalue weighted by Crippen LogP contribution is -2.21. The summed E-state index contributed by atoms with van der Waals surface area (Å²) < 4.78 is 0. The quantitative estimate of drug-likeness (QED) is 0.536. The van der Waals surface area contributed by atoms with Crippen molar-refractivity contribution in [3.8, 4) is 0 Å². The van der Waals surface area contributed by atoms with Crippen molar-refractivity contribution in [2.45, 2.75) is 26.8 Å². The number of aryl methyl sites for hydroxylation is 1. The number of hydrazine groups is 1. The maximum Gasteiger partial charge on any atom is 0.148 e.